The summed E-state index contributed by atoms with van der Waals surface area (Å²) in [5, 5.41) is 3.85. The third kappa shape index (κ3) is 5.85. The van der Waals surface area contributed by atoms with E-state index in [2.05, 4.69) is 26.5 Å². The second kappa shape index (κ2) is 8.81. The second-order valence-electron chi connectivity index (χ2n) is 5.32. The van der Waals surface area contributed by atoms with E-state index in [4.69, 9.17) is 4.74 Å². The number of ether oxygens (including phenoxy) is 1. The Labute approximate surface area is 160 Å². The summed E-state index contributed by atoms with van der Waals surface area (Å²) in [6.45, 7) is -0.399. The lowest BCUT2D eigenvalue weighted by molar-refractivity contribution is -0.119. The van der Waals surface area contributed by atoms with E-state index in [-0.39, 0.29) is 0 Å². The van der Waals surface area contributed by atoms with Gasteiger partial charge in [-0.25, -0.2) is 13.8 Å². The van der Waals surface area contributed by atoms with Crippen molar-refractivity contribution >= 4 is 43.8 Å². The van der Waals surface area contributed by atoms with Crippen LogP contribution in [-0.2, 0) is 14.8 Å². The number of methoxy groups -OCH3 is 1. The maximum atomic E-state index is 12.1. The number of amides is 1. The highest BCUT2D eigenvalue weighted by atomic mass is 79.9. The average molecular weight is 440 g/mol. The number of nitrogens with zero attached hydrogens (tertiary/aromatic N) is 2. The molecule has 0 aliphatic rings. The van der Waals surface area contributed by atoms with Crippen molar-refractivity contribution in [3.63, 3.8) is 0 Å². The molecule has 0 atom stereocenters. The minimum atomic E-state index is -3.66. The van der Waals surface area contributed by atoms with Gasteiger partial charge in [0.1, 0.15) is 12.3 Å². The maximum absolute atomic E-state index is 12.1. The molecule has 2 rings (SSSR count). The van der Waals surface area contributed by atoms with Crippen molar-refractivity contribution in [1.29, 1.82) is 0 Å². The molecular weight excluding hydrogens is 422 g/mol. The molecular formula is C17H18BrN3O4S. The van der Waals surface area contributed by atoms with Crippen molar-refractivity contribution < 1.29 is 17.9 Å². The summed E-state index contributed by atoms with van der Waals surface area (Å²) in [5.74, 6) is -0.0728. The Bertz CT molecular complexity index is 898. The molecule has 2 aromatic carbocycles. The molecule has 0 aliphatic carbocycles. The number of carbonyl (C=O) groups is 1. The number of hydrogen-bond donors (Lipinski definition) is 1. The van der Waals surface area contributed by atoms with Gasteiger partial charge in [-0.2, -0.15) is 5.10 Å². The number of halogens is 1. The molecule has 0 radical (unpaired) electrons. The summed E-state index contributed by atoms with van der Waals surface area (Å²) in [6, 6.07) is 13.8. The van der Waals surface area contributed by atoms with E-state index in [9.17, 15) is 13.2 Å². The highest BCUT2D eigenvalue weighted by Gasteiger charge is 2.21. The van der Waals surface area contributed by atoms with Gasteiger partial charge in [-0.05, 0) is 29.8 Å². The van der Waals surface area contributed by atoms with Crippen molar-refractivity contribution in [3.8, 4) is 5.75 Å². The van der Waals surface area contributed by atoms with Gasteiger partial charge in [-0.3, -0.25) is 9.10 Å². The Morgan fingerprint density at radius 3 is 2.58 bits per heavy atom. The molecule has 0 aliphatic heterocycles. The Morgan fingerprint density at radius 2 is 1.96 bits per heavy atom. The molecule has 1 amide bonds. The molecule has 1 N–H and O–H groups in total. The maximum Gasteiger partial charge on any atom is 0.260 e. The number of sulfonamides is 1. The fourth-order valence-corrected chi connectivity index (χ4v) is 3.17. The Balaban J connectivity index is 2.08. The monoisotopic (exact) mass is 439 g/mol. The van der Waals surface area contributed by atoms with Gasteiger partial charge in [0, 0.05) is 10.5 Å². The van der Waals surface area contributed by atoms with E-state index >= 15 is 0 Å². The first kappa shape index (κ1) is 19.9. The number of carbonyl (C=O) groups excluding carboxylic acids is 1. The zero-order valence-corrected chi connectivity index (χ0v) is 16.6. The van der Waals surface area contributed by atoms with Crippen LogP contribution in [0.15, 0.2) is 58.1 Å². The molecule has 7 nitrogen and oxygen atoms in total. The van der Waals surface area contributed by atoms with Gasteiger partial charge in [0.15, 0.2) is 0 Å². The number of hydrogen-bond acceptors (Lipinski definition) is 5. The first-order valence-electron chi connectivity index (χ1n) is 7.49. The molecule has 0 saturated heterocycles. The number of nitrogens with one attached hydrogen (secondary N) is 1. The lowest BCUT2D eigenvalue weighted by Gasteiger charge is -2.21. The predicted octanol–water partition coefficient (Wildman–Crippen LogP) is 2.37. The third-order valence-electron chi connectivity index (χ3n) is 3.30. The topological polar surface area (TPSA) is 88.1 Å². The van der Waals surface area contributed by atoms with Gasteiger partial charge < -0.3 is 4.74 Å². The van der Waals surface area contributed by atoms with Gasteiger partial charge in [0.25, 0.3) is 5.91 Å². The SMILES string of the molecule is COc1cccc(N(CC(=O)N/N=C\c2ccc(Br)cc2)S(C)(=O)=O)c1. The molecule has 0 unspecified atom stereocenters. The summed E-state index contributed by atoms with van der Waals surface area (Å²) >= 11 is 3.33. The summed E-state index contributed by atoms with van der Waals surface area (Å²) in [6.07, 6.45) is 2.51. The number of anilines is 1. The predicted molar refractivity (Wildman–Crippen MR) is 105 cm³/mol. The quantitative estimate of drug-likeness (QED) is 0.529. The first-order valence-corrected chi connectivity index (χ1v) is 10.1. The summed E-state index contributed by atoms with van der Waals surface area (Å²) < 4.78 is 31.1. The first-order chi connectivity index (χ1) is 12.3. The van der Waals surface area contributed by atoms with E-state index in [1.54, 1.807) is 24.3 Å². The molecule has 26 heavy (non-hydrogen) atoms. The van der Waals surface area contributed by atoms with Crippen LogP contribution < -0.4 is 14.5 Å². The van der Waals surface area contributed by atoms with Crippen LogP contribution in [0.5, 0.6) is 5.75 Å². The van der Waals surface area contributed by atoms with Crippen molar-refractivity contribution in [3.05, 3.63) is 58.6 Å². The van der Waals surface area contributed by atoms with Crippen molar-refractivity contribution in [2.45, 2.75) is 0 Å². The van der Waals surface area contributed by atoms with E-state index < -0.39 is 22.5 Å². The lowest BCUT2D eigenvalue weighted by Crippen LogP contribution is -2.39. The van der Waals surface area contributed by atoms with Crippen LogP contribution in [0.4, 0.5) is 5.69 Å². The number of benzene rings is 2. The van der Waals surface area contributed by atoms with Crippen LogP contribution in [0, 0.1) is 0 Å². The normalized spacial score (nSPS) is 11.3. The zero-order valence-electron chi connectivity index (χ0n) is 14.2. The van der Waals surface area contributed by atoms with Gasteiger partial charge in [0.2, 0.25) is 10.0 Å². The van der Waals surface area contributed by atoms with Crippen LogP contribution in [0.25, 0.3) is 0 Å². The highest BCUT2D eigenvalue weighted by molar-refractivity contribution is 9.10. The third-order valence-corrected chi connectivity index (χ3v) is 4.97. The molecule has 138 valence electrons. The van der Waals surface area contributed by atoms with Crippen LogP contribution >= 0.6 is 15.9 Å². The minimum absolute atomic E-state index is 0.332. The van der Waals surface area contributed by atoms with E-state index in [0.717, 1.165) is 20.6 Å². The molecule has 9 heteroatoms. The molecule has 0 aromatic heterocycles. The van der Waals surface area contributed by atoms with Crippen LogP contribution in [-0.4, -0.2) is 40.4 Å². The van der Waals surface area contributed by atoms with Crippen molar-refractivity contribution in [2.75, 3.05) is 24.2 Å². The zero-order chi connectivity index (χ0) is 19.2. The molecule has 0 saturated carbocycles. The number of rotatable bonds is 7. The summed E-state index contributed by atoms with van der Waals surface area (Å²) in [5.41, 5.74) is 3.45. The van der Waals surface area contributed by atoms with Gasteiger partial charge in [-0.15, -0.1) is 0 Å². The standard InChI is InChI=1S/C17H18BrN3O4S/c1-25-16-5-3-4-15(10-16)21(26(2,23)24)12-17(22)20-19-11-13-6-8-14(18)9-7-13/h3-11H,12H2,1-2H3,(H,20,22)/b19-11-. The molecule has 0 heterocycles. The fraction of sp³-hybridized carbons (Fsp3) is 0.176. The van der Waals surface area contributed by atoms with Crippen LogP contribution in [0.2, 0.25) is 0 Å². The number of hydrazone groups is 1. The van der Waals surface area contributed by atoms with Crippen LogP contribution in [0.1, 0.15) is 5.56 Å². The van der Waals surface area contributed by atoms with E-state index in [1.807, 2.05) is 24.3 Å². The Morgan fingerprint density at radius 1 is 1.27 bits per heavy atom. The molecule has 0 spiro atoms. The summed E-state index contributed by atoms with van der Waals surface area (Å²) in [4.78, 5) is 12.1. The molecule has 2 aromatic rings. The second-order valence-corrected chi connectivity index (χ2v) is 8.14. The molecule has 0 bridgehead atoms. The largest absolute Gasteiger partial charge is 0.497 e. The van der Waals surface area contributed by atoms with Crippen molar-refractivity contribution in [1.82, 2.24) is 5.43 Å². The van der Waals surface area contributed by atoms with E-state index in [0.29, 0.717) is 11.4 Å². The van der Waals surface area contributed by atoms with Crippen LogP contribution in [0.3, 0.4) is 0 Å². The minimum Gasteiger partial charge on any atom is -0.497 e. The van der Waals surface area contributed by atoms with Gasteiger partial charge >= 0.3 is 0 Å². The average Bonchev–Trinajstić information content (AvgIpc) is 2.60. The Kier molecular flexibility index (Phi) is 6.76. The lowest BCUT2D eigenvalue weighted by atomic mass is 10.2. The Hall–Kier alpha value is -2.39. The molecule has 0 fully saturated rings. The van der Waals surface area contributed by atoms with E-state index in [1.165, 1.54) is 13.3 Å². The summed E-state index contributed by atoms with van der Waals surface area (Å²) in [7, 11) is -2.18. The highest BCUT2D eigenvalue weighted by Crippen LogP contribution is 2.22. The van der Waals surface area contributed by atoms with Crippen molar-refractivity contribution in [2.24, 2.45) is 5.10 Å². The van der Waals surface area contributed by atoms with Gasteiger partial charge in [0.05, 0.1) is 25.3 Å². The van der Waals surface area contributed by atoms with Gasteiger partial charge in [-0.1, -0.05) is 34.1 Å². The fourth-order valence-electron chi connectivity index (χ4n) is 2.06. The smallest absolute Gasteiger partial charge is 0.260 e.